The first-order chi connectivity index (χ1) is 12.4. The van der Waals surface area contributed by atoms with Gasteiger partial charge in [0, 0.05) is 43.9 Å². The van der Waals surface area contributed by atoms with Gasteiger partial charge in [0.15, 0.2) is 5.78 Å². The van der Waals surface area contributed by atoms with Crippen molar-refractivity contribution < 1.29 is 4.79 Å². The standard InChI is InChI=1S/C21H24IN3O/c1-21(2)13-18-16(19(26)14-21)12-17(22)20(23-18)25-10-8-24(9-11-25)15-6-4-3-5-7-15/h3-7,12H,8-11,13-14H2,1-2H3. The van der Waals surface area contributed by atoms with E-state index < -0.39 is 0 Å². The van der Waals surface area contributed by atoms with Gasteiger partial charge in [-0.15, -0.1) is 0 Å². The molecule has 0 unspecified atom stereocenters. The molecule has 26 heavy (non-hydrogen) atoms. The number of rotatable bonds is 2. The molecule has 0 amide bonds. The Morgan fingerprint density at radius 1 is 1.00 bits per heavy atom. The molecule has 2 aliphatic rings. The summed E-state index contributed by atoms with van der Waals surface area (Å²) in [5.74, 6) is 1.28. The van der Waals surface area contributed by atoms with Crippen molar-refractivity contribution in [2.75, 3.05) is 36.0 Å². The summed E-state index contributed by atoms with van der Waals surface area (Å²) in [5, 5.41) is 0. The number of fused-ring (bicyclic) bond motifs is 1. The van der Waals surface area contributed by atoms with Gasteiger partial charge in [-0.05, 0) is 52.6 Å². The molecule has 2 aromatic rings. The van der Waals surface area contributed by atoms with Crippen LogP contribution in [-0.4, -0.2) is 36.9 Å². The van der Waals surface area contributed by atoms with Gasteiger partial charge in [0.1, 0.15) is 5.82 Å². The maximum absolute atomic E-state index is 12.5. The Balaban J connectivity index is 1.55. The van der Waals surface area contributed by atoms with Gasteiger partial charge in [0.05, 0.1) is 9.26 Å². The summed E-state index contributed by atoms with van der Waals surface area (Å²) in [6.45, 7) is 8.20. The van der Waals surface area contributed by atoms with Crippen LogP contribution >= 0.6 is 22.6 Å². The number of ketones is 1. The van der Waals surface area contributed by atoms with E-state index in [0.29, 0.717) is 6.42 Å². The third-order valence-electron chi connectivity index (χ3n) is 5.32. The van der Waals surface area contributed by atoms with Crippen molar-refractivity contribution in [3.8, 4) is 0 Å². The molecule has 1 saturated heterocycles. The van der Waals surface area contributed by atoms with Crippen molar-refractivity contribution in [1.82, 2.24) is 4.98 Å². The number of halogens is 1. The van der Waals surface area contributed by atoms with Crippen molar-refractivity contribution >= 4 is 39.9 Å². The molecule has 0 bridgehead atoms. The molecule has 1 fully saturated rings. The molecule has 5 heteroatoms. The number of piperazine rings is 1. The number of nitrogens with zero attached hydrogens (tertiary/aromatic N) is 3. The highest BCUT2D eigenvalue weighted by atomic mass is 127. The van der Waals surface area contributed by atoms with Crippen LogP contribution in [-0.2, 0) is 6.42 Å². The van der Waals surface area contributed by atoms with Crippen LogP contribution in [0.4, 0.5) is 11.5 Å². The molecular formula is C21H24IN3O. The van der Waals surface area contributed by atoms with E-state index >= 15 is 0 Å². The van der Waals surface area contributed by atoms with Gasteiger partial charge in [-0.1, -0.05) is 32.0 Å². The maximum Gasteiger partial charge on any atom is 0.165 e. The summed E-state index contributed by atoms with van der Waals surface area (Å²) in [5.41, 5.74) is 3.10. The fraction of sp³-hybridized carbons (Fsp3) is 0.429. The molecule has 2 heterocycles. The predicted molar refractivity (Wildman–Crippen MR) is 114 cm³/mol. The fourth-order valence-corrected chi connectivity index (χ4v) is 4.75. The third kappa shape index (κ3) is 3.46. The smallest absolute Gasteiger partial charge is 0.165 e. The number of hydrogen-bond donors (Lipinski definition) is 0. The lowest BCUT2D eigenvalue weighted by atomic mass is 9.76. The van der Waals surface area contributed by atoms with E-state index in [4.69, 9.17) is 4.98 Å². The third-order valence-corrected chi connectivity index (χ3v) is 6.12. The minimum absolute atomic E-state index is 0.00709. The topological polar surface area (TPSA) is 36.4 Å². The Hall–Kier alpha value is -1.63. The molecule has 1 aliphatic carbocycles. The zero-order valence-corrected chi connectivity index (χ0v) is 17.5. The number of hydrogen-bond acceptors (Lipinski definition) is 4. The fourth-order valence-electron chi connectivity index (χ4n) is 3.97. The Kier molecular flexibility index (Phi) is 4.67. The summed E-state index contributed by atoms with van der Waals surface area (Å²) in [6, 6.07) is 12.6. The second-order valence-corrected chi connectivity index (χ2v) is 9.20. The Morgan fingerprint density at radius 3 is 2.35 bits per heavy atom. The highest BCUT2D eigenvalue weighted by molar-refractivity contribution is 14.1. The van der Waals surface area contributed by atoms with Crippen LogP contribution in [0, 0.1) is 8.99 Å². The van der Waals surface area contributed by atoms with Crippen LogP contribution in [0.1, 0.15) is 36.3 Å². The second kappa shape index (κ2) is 6.83. The SMILES string of the molecule is CC1(C)CC(=O)c2cc(I)c(N3CCN(c4ccccc4)CC3)nc2C1. The first-order valence-electron chi connectivity index (χ1n) is 9.20. The molecule has 1 aromatic heterocycles. The van der Waals surface area contributed by atoms with E-state index in [1.807, 2.05) is 0 Å². The highest BCUT2D eigenvalue weighted by Gasteiger charge is 2.33. The zero-order valence-electron chi connectivity index (χ0n) is 15.3. The van der Waals surface area contributed by atoms with Crippen LogP contribution in [0.5, 0.6) is 0 Å². The van der Waals surface area contributed by atoms with Crippen molar-refractivity contribution in [1.29, 1.82) is 0 Å². The lowest BCUT2D eigenvalue weighted by Gasteiger charge is -2.38. The van der Waals surface area contributed by atoms with E-state index in [0.717, 1.165) is 53.2 Å². The molecule has 0 radical (unpaired) electrons. The molecule has 0 atom stereocenters. The van der Waals surface area contributed by atoms with E-state index in [-0.39, 0.29) is 11.2 Å². The lowest BCUT2D eigenvalue weighted by molar-refractivity contribution is 0.0910. The predicted octanol–water partition coefficient (Wildman–Crippen LogP) is 4.17. The van der Waals surface area contributed by atoms with Gasteiger partial charge in [-0.3, -0.25) is 4.79 Å². The van der Waals surface area contributed by atoms with E-state index in [1.165, 1.54) is 5.69 Å². The number of benzene rings is 1. The number of Topliss-reactive ketones (excluding diaryl/α,β-unsaturated/α-hetero) is 1. The van der Waals surface area contributed by atoms with Crippen LogP contribution in [0.2, 0.25) is 0 Å². The molecule has 0 spiro atoms. The first-order valence-corrected chi connectivity index (χ1v) is 10.3. The van der Waals surface area contributed by atoms with Gasteiger partial charge < -0.3 is 9.80 Å². The first kappa shape index (κ1) is 17.8. The average Bonchev–Trinajstić information content (AvgIpc) is 2.62. The summed E-state index contributed by atoms with van der Waals surface area (Å²) < 4.78 is 1.09. The van der Waals surface area contributed by atoms with Crippen molar-refractivity contribution in [3.05, 3.63) is 51.2 Å². The van der Waals surface area contributed by atoms with Gasteiger partial charge in [0.2, 0.25) is 0 Å². The molecule has 4 nitrogen and oxygen atoms in total. The lowest BCUT2D eigenvalue weighted by Crippen LogP contribution is -2.47. The summed E-state index contributed by atoms with van der Waals surface area (Å²) in [7, 11) is 0. The molecule has 0 saturated carbocycles. The van der Waals surface area contributed by atoms with Crippen LogP contribution in [0.3, 0.4) is 0 Å². The molecule has 4 rings (SSSR count). The van der Waals surface area contributed by atoms with Crippen molar-refractivity contribution in [2.45, 2.75) is 26.7 Å². The Bertz CT molecular complexity index is 827. The molecule has 136 valence electrons. The number of carbonyl (C=O) groups is 1. The number of anilines is 2. The summed E-state index contributed by atoms with van der Waals surface area (Å²) in [4.78, 5) is 22.2. The molecular weight excluding hydrogens is 437 g/mol. The maximum atomic E-state index is 12.5. The minimum atomic E-state index is 0.00709. The average molecular weight is 461 g/mol. The minimum Gasteiger partial charge on any atom is -0.368 e. The van der Waals surface area contributed by atoms with Crippen molar-refractivity contribution in [2.24, 2.45) is 5.41 Å². The monoisotopic (exact) mass is 461 g/mol. The largest absolute Gasteiger partial charge is 0.368 e. The van der Waals surface area contributed by atoms with Gasteiger partial charge in [-0.2, -0.15) is 0 Å². The molecule has 1 aliphatic heterocycles. The van der Waals surface area contributed by atoms with E-state index in [2.05, 4.69) is 82.6 Å². The Labute approximate surface area is 168 Å². The molecule has 0 N–H and O–H groups in total. The molecule has 1 aromatic carbocycles. The summed E-state index contributed by atoms with van der Waals surface area (Å²) >= 11 is 2.33. The number of carbonyl (C=O) groups excluding carboxylic acids is 1. The van der Waals surface area contributed by atoms with E-state index in [1.54, 1.807) is 0 Å². The van der Waals surface area contributed by atoms with Crippen LogP contribution in [0.25, 0.3) is 0 Å². The number of para-hydroxylation sites is 1. The Morgan fingerprint density at radius 2 is 1.65 bits per heavy atom. The normalized spacial score (nSPS) is 19.4. The quantitative estimate of drug-likeness (QED) is 0.630. The van der Waals surface area contributed by atoms with Gasteiger partial charge in [-0.25, -0.2) is 4.98 Å². The number of aromatic nitrogens is 1. The van der Waals surface area contributed by atoms with Crippen LogP contribution in [0.15, 0.2) is 36.4 Å². The van der Waals surface area contributed by atoms with Gasteiger partial charge in [0.25, 0.3) is 0 Å². The highest BCUT2D eigenvalue weighted by Crippen LogP contribution is 2.36. The van der Waals surface area contributed by atoms with E-state index in [9.17, 15) is 4.79 Å². The number of pyridine rings is 1. The van der Waals surface area contributed by atoms with Crippen molar-refractivity contribution in [3.63, 3.8) is 0 Å². The second-order valence-electron chi connectivity index (χ2n) is 8.04. The van der Waals surface area contributed by atoms with Crippen LogP contribution < -0.4 is 9.80 Å². The zero-order chi connectivity index (χ0) is 18.3. The summed E-state index contributed by atoms with van der Waals surface area (Å²) in [6.07, 6.45) is 1.49. The van der Waals surface area contributed by atoms with Gasteiger partial charge >= 0.3 is 0 Å².